The second-order valence-corrected chi connectivity index (χ2v) is 7.72. The Balaban J connectivity index is 1.74. The summed E-state index contributed by atoms with van der Waals surface area (Å²) in [6, 6.07) is 16.8. The van der Waals surface area contributed by atoms with Crippen molar-refractivity contribution in [1.82, 2.24) is 0 Å². The second-order valence-electron chi connectivity index (χ2n) is 7.72. The van der Waals surface area contributed by atoms with Gasteiger partial charge in [-0.3, -0.25) is 0 Å². The number of ether oxygens (including phenoxy) is 3. The van der Waals surface area contributed by atoms with Crippen LogP contribution in [0, 0.1) is 0 Å². The molecule has 0 aromatic heterocycles. The van der Waals surface area contributed by atoms with E-state index in [1.807, 2.05) is 24.3 Å². The number of hydrogen-bond acceptors (Lipinski definition) is 5. The van der Waals surface area contributed by atoms with Crippen LogP contribution in [-0.4, -0.2) is 38.6 Å². The molecule has 5 nitrogen and oxygen atoms in total. The highest BCUT2D eigenvalue weighted by Gasteiger charge is 2.18. The lowest BCUT2D eigenvalue weighted by Crippen LogP contribution is -2.34. The predicted molar refractivity (Wildman–Crippen MR) is 125 cm³/mol. The maximum atomic E-state index is 11.1. The highest BCUT2D eigenvalue weighted by molar-refractivity contribution is 5.87. The minimum Gasteiger partial charge on any atom is -0.494 e. The lowest BCUT2D eigenvalue weighted by atomic mass is 10.0. The van der Waals surface area contributed by atoms with Gasteiger partial charge in [-0.2, -0.15) is 0 Å². The number of nitrogens with zero attached hydrogens (tertiary/aromatic N) is 1. The van der Waals surface area contributed by atoms with Crippen LogP contribution < -0.4 is 9.64 Å². The van der Waals surface area contributed by atoms with Crippen molar-refractivity contribution in [2.45, 2.75) is 32.7 Å². The van der Waals surface area contributed by atoms with E-state index in [0.717, 1.165) is 41.0 Å². The van der Waals surface area contributed by atoms with E-state index in [9.17, 15) is 4.79 Å². The molecule has 0 radical (unpaired) electrons. The minimum absolute atomic E-state index is 0.315. The van der Waals surface area contributed by atoms with E-state index < -0.39 is 0 Å². The quantitative estimate of drug-likeness (QED) is 0.312. The Hall–Kier alpha value is -3.05. The third-order valence-corrected chi connectivity index (χ3v) is 5.11. The summed E-state index contributed by atoms with van der Waals surface area (Å²) in [5, 5.41) is 0. The van der Waals surface area contributed by atoms with Gasteiger partial charge in [0, 0.05) is 23.4 Å². The molecule has 2 aromatic rings. The van der Waals surface area contributed by atoms with E-state index in [2.05, 4.69) is 55.7 Å². The first-order valence-electron chi connectivity index (χ1n) is 10.7. The Labute approximate surface area is 184 Å². The van der Waals surface area contributed by atoms with Gasteiger partial charge >= 0.3 is 5.97 Å². The van der Waals surface area contributed by atoms with Gasteiger partial charge in [0.05, 0.1) is 19.8 Å². The van der Waals surface area contributed by atoms with Crippen molar-refractivity contribution in [2.75, 3.05) is 31.5 Å². The zero-order valence-corrected chi connectivity index (χ0v) is 18.4. The van der Waals surface area contributed by atoms with Gasteiger partial charge in [0.1, 0.15) is 12.5 Å². The third-order valence-electron chi connectivity index (χ3n) is 5.11. The topological polar surface area (TPSA) is 48.0 Å². The predicted octanol–water partition coefficient (Wildman–Crippen LogP) is 5.32. The SMILES string of the molecule is C=CC(=O)OCCCCOc1ccc2c(c1)/C=C(/c1ccccc1)COCN2C(C)C. The molecule has 0 saturated carbocycles. The monoisotopic (exact) mass is 421 g/mol. The fourth-order valence-electron chi connectivity index (χ4n) is 3.42. The van der Waals surface area contributed by atoms with Gasteiger partial charge in [0.25, 0.3) is 0 Å². The Morgan fingerprint density at radius 2 is 1.94 bits per heavy atom. The van der Waals surface area contributed by atoms with E-state index in [4.69, 9.17) is 14.2 Å². The zero-order valence-electron chi connectivity index (χ0n) is 18.4. The first kappa shape index (κ1) is 22.6. The van der Waals surface area contributed by atoms with Crippen molar-refractivity contribution in [2.24, 2.45) is 0 Å². The maximum Gasteiger partial charge on any atom is 0.330 e. The number of fused-ring (bicyclic) bond motifs is 1. The number of carbonyl (C=O) groups is 1. The van der Waals surface area contributed by atoms with Crippen LogP contribution in [0.4, 0.5) is 5.69 Å². The third kappa shape index (κ3) is 6.46. The van der Waals surface area contributed by atoms with Crippen LogP contribution in [0.25, 0.3) is 11.6 Å². The Morgan fingerprint density at radius 1 is 1.16 bits per heavy atom. The Morgan fingerprint density at radius 3 is 2.68 bits per heavy atom. The lowest BCUT2D eigenvalue weighted by molar-refractivity contribution is -0.137. The molecule has 31 heavy (non-hydrogen) atoms. The van der Waals surface area contributed by atoms with Crippen molar-refractivity contribution in [3.8, 4) is 5.75 Å². The fourth-order valence-corrected chi connectivity index (χ4v) is 3.42. The molecule has 0 bridgehead atoms. The van der Waals surface area contributed by atoms with Crippen molar-refractivity contribution in [3.63, 3.8) is 0 Å². The number of esters is 1. The Bertz CT molecular complexity index is 905. The first-order valence-corrected chi connectivity index (χ1v) is 10.7. The highest BCUT2D eigenvalue weighted by atomic mass is 16.5. The van der Waals surface area contributed by atoms with Crippen LogP contribution >= 0.6 is 0 Å². The van der Waals surface area contributed by atoms with E-state index in [1.165, 1.54) is 6.08 Å². The van der Waals surface area contributed by atoms with E-state index in [1.54, 1.807) is 0 Å². The average Bonchev–Trinajstić information content (AvgIpc) is 2.77. The molecule has 0 N–H and O–H groups in total. The van der Waals surface area contributed by atoms with Crippen LogP contribution in [0.2, 0.25) is 0 Å². The molecule has 0 unspecified atom stereocenters. The largest absolute Gasteiger partial charge is 0.494 e. The van der Waals surface area contributed by atoms with E-state index in [0.29, 0.717) is 32.6 Å². The number of carbonyl (C=O) groups excluding carboxylic acids is 1. The molecule has 164 valence electrons. The van der Waals surface area contributed by atoms with Crippen LogP contribution in [0.15, 0.2) is 61.2 Å². The summed E-state index contributed by atoms with van der Waals surface area (Å²) in [5.41, 5.74) is 4.55. The van der Waals surface area contributed by atoms with Gasteiger partial charge in [-0.1, -0.05) is 36.9 Å². The van der Waals surface area contributed by atoms with Crippen LogP contribution in [0.3, 0.4) is 0 Å². The molecule has 0 amide bonds. The molecular formula is C26H31NO4. The van der Waals surface area contributed by atoms with Crippen molar-refractivity contribution in [3.05, 3.63) is 72.3 Å². The first-order chi connectivity index (χ1) is 15.1. The molecule has 1 aliphatic rings. The molecule has 0 saturated heterocycles. The summed E-state index contributed by atoms with van der Waals surface area (Å²) >= 11 is 0. The summed E-state index contributed by atoms with van der Waals surface area (Å²) in [6.07, 6.45) is 4.93. The van der Waals surface area contributed by atoms with Crippen molar-refractivity contribution >= 4 is 23.3 Å². The molecule has 1 aliphatic heterocycles. The van der Waals surface area contributed by atoms with Crippen LogP contribution in [0.1, 0.15) is 37.8 Å². The summed E-state index contributed by atoms with van der Waals surface area (Å²) in [7, 11) is 0. The van der Waals surface area contributed by atoms with Crippen LogP contribution in [-0.2, 0) is 14.3 Å². The zero-order chi connectivity index (χ0) is 22.1. The fraction of sp³-hybridized carbons (Fsp3) is 0.346. The molecule has 0 aliphatic carbocycles. The molecule has 3 rings (SSSR count). The molecule has 5 heteroatoms. The minimum atomic E-state index is -0.387. The molecule has 0 fully saturated rings. The molecule has 0 spiro atoms. The second kappa shape index (κ2) is 11.4. The standard InChI is InChI=1S/C26H31NO4/c1-4-26(28)31-15-9-8-14-30-24-12-13-25-22(17-24)16-23(21-10-6-5-7-11-21)18-29-19-27(25)20(2)3/h4-7,10-13,16-17,20H,1,8-9,14-15,18-19H2,2-3H3/b23-16+. The number of hydrogen-bond donors (Lipinski definition) is 0. The van der Waals surface area contributed by atoms with Gasteiger partial charge < -0.3 is 19.1 Å². The van der Waals surface area contributed by atoms with E-state index >= 15 is 0 Å². The number of benzene rings is 2. The van der Waals surface area contributed by atoms with E-state index in [-0.39, 0.29) is 5.97 Å². The summed E-state index contributed by atoms with van der Waals surface area (Å²) in [5.74, 6) is 0.443. The van der Waals surface area contributed by atoms with Gasteiger partial charge in [-0.25, -0.2) is 4.79 Å². The molecule has 1 heterocycles. The summed E-state index contributed by atoms with van der Waals surface area (Å²) in [6.45, 7) is 9.77. The number of rotatable bonds is 9. The summed E-state index contributed by atoms with van der Waals surface area (Å²) in [4.78, 5) is 13.3. The molecular weight excluding hydrogens is 390 g/mol. The van der Waals surface area contributed by atoms with Gasteiger partial charge in [-0.15, -0.1) is 0 Å². The normalized spacial score (nSPS) is 15.3. The van der Waals surface area contributed by atoms with Gasteiger partial charge in [0.15, 0.2) is 0 Å². The van der Waals surface area contributed by atoms with Crippen molar-refractivity contribution < 1.29 is 19.0 Å². The highest BCUT2D eigenvalue weighted by Crippen LogP contribution is 2.32. The van der Waals surface area contributed by atoms with Gasteiger partial charge in [0.2, 0.25) is 0 Å². The Kier molecular flexibility index (Phi) is 8.30. The van der Waals surface area contributed by atoms with Gasteiger partial charge in [-0.05, 0) is 62.1 Å². The average molecular weight is 422 g/mol. The lowest BCUT2D eigenvalue weighted by Gasteiger charge is -2.32. The number of unbranched alkanes of at least 4 members (excludes halogenated alkanes) is 1. The molecule has 0 atom stereocenters. The summed E-state index contributed by atoms with van der Waals surface area (Å²) < 4.78 is 17.0. The smallest absolute Gasteiger partial charge is 0.330 e. The maximum absolute atomic E-state index is 11.1. The van der Waals surface area contributed by atoms with Crippen molar-refractivity contribution in [1.29, 1.82) is 0 Å². The molecule has 2 aromatic carbocycles. The van der Waals surface area contributed by atoms with Crippen LogP contribution in [0.5, 0.6) is 5.75 Å². The number of anilines is 1.